The van der Waals surface area contributed by atoms with Crippen molar-refractivity contribution in [1.29, 1.82) is 0 Å². The number of aryl methyl sites for hydroxylation is 1. The van der Waals surface area contributed by atoms with Gasteiger partial charge < -0.3 is 15.0 Å². The highest BCUT2D eigenvalue weighted by molar-refractivity contribution is 7.92. The molecule has 1 aliphatic rings. The van der Waals surface area contributed by atoms with E-state index in [2.05, 4.69) is 5.32 Å². The second-order valence-corrected chi connectivity index (χ2v) is 13.2. The first-order valence-corrected chi connectivity index (χ1v) is 16.6. The summed E-state index contributed by atoms with van der Waals surface area (Å²) in [5, 5.41) is 14.7. The van der Waals surface area contributed by atoms with Crippen molar-refractivity contribution in [3.63, 3.8) is 0 Å². The van der Waals surface area contributed by atoms with E-state index in [0.717, 1.165) is 42.5 Å². The Hall–Kier alpha value is -4.52. The summed E-state index contributed by atoms with van der Waals surface area (Å²) < 4.78 is 48.1. The minimum Gasteiger partial charge on any atom is -0.497 e. The van der Waals surface area contributed by atoms with Crippen molar-refractivity contribution in [2.75, 3.05) is 18.0 Å². The van der Waals surface area contributed by atoms with E-state index in [9.17, 15) is 32.5 Å². The number of methoxy groups -OCH3 is 1. The third kappa shape index (κ3) is 8.19. The molecule has 0 saturated heterocycles. The van der Waals surface area contributed by atoms with Gasteiger partial charge in [0.15, 0.2) is 0 Å². The molecule has 0 heterocycles. The van der Waals surface area contributed by atoms with Crippen molar-refractivity contribution in [1.82, 2.24) is 10.2 Å². The highest BCUT2D eigenvalue weighted by Crippen LogP contribution is 2.30. The number of sulfonamides is 1. The van der Waals surface area contributed by atoms with E-state index in [-0.39, 0.29) is 46.7 Å². The van der Waals surface area contributed by atoms with Gasteiger partial charge in [-0.15, -0.1) is 0 Å². The summed E-state index contributed by atoms with van der Waals surface area (Å²) in [4.78, 5) is 39.8. The Labute approximate surface area is 268 Å². The molecule has 1 N–H and O–H groups in total. The average Bonchev–Trinajstić information content (AvgIpc) is 3.04. The number of amides is 2. The predicted molar refractivity (Wildman–Crippen MR) is 171 cm³/mol. The first-order chi connectivity index (χ1) is 21.9. The van der Waals surface area contributed by atoms with E-state index in [0.29, 0.717) is 11.3 Å². The van der Waals surface area contributed by atoms with Gasteiger partial charge in [0.25, 0.3) is 15.7 Å². The Bertz CT molecular complexity index is 1640. The molecule has 11 nitrogen and oxygen atoms in total. The van der Waals surface area contributed by atoms with E-state index in [1.54, 1.807) is 6.92 Å². The van der Waals surface area contributed by atoms with Crippen molar-refractivity contribution in [2.24, 2.45) is 0 Å². The summed E-state index contributed by atoms with van der Waals surface area (Å²) in [6.45, 7) is 2.46. The van der Waals surface area contributed by atoms with Crippen LogP contribution in [-0.2, 0) is 26.2 Å². The van der Waals surface area contributed by atoms with Gasteiger partial charge in [0.1, 0.15) is 24.2 Å². The third-order valence-electron chi connectivity index (χ3n) is 8.21. The molecule has 246 valence electrons. The maximum absolute atomic E-state index is 14.3. The van der Waals surface area contributed by atoms with Gasteiger partial charge in [-0.05, 0) is 74.2 Å². The van der Waals surface area contributed by atoms with Crippen LogP contribution in [0, 0.1) is 22.9 Å². The van der Waals surface area contributed by atoms with Gasteiger partial charge in [-0.1, -0.05) is 44.4 Å². The van der Waals surface area contributed by atoms with Crippen LogP contribution >= 0.6 is 0 Å². The second kappa shape index (κ2) is 15.2. The molecule has 0 bridgehead atoms. The normalized spacial score (nSPS) is 14.3. The zero-order chi connectivity index (χ0) is 33.4. The first kappa shape index (κ1) is 34.4. The zero-order valence-electron chi connectivity index (χ0n) is 26.1. The maximum atomic E-state index is 14.3. The van der Waals surface area contributed by atoms with Crippen LogP contribution in [-0.4, -0.2) is 55.8 Å². The summed E-state index contributed by atoms with van der Waals surface area (Å²) >= 11 is 0. The Morgan fingerprint density at radius 3 is 2.28 bits per heavy atom. The van der Waals surface area contributed by atoms with Crippen LogP contribution < -0.4 is 14.4 Å². The van der Waals surface area contributed by atoms with E-state index >= 15 is 0 Å². The lowest BCUT2D eigenvalue weighted by Crippen LogP contribution is -2.54. The summed E-state index contributed by atoms with van der Waals surface area (Å²) in [6, 6.07) is 14.1. The summed E-state index contributed by atoms with van der Waals surface area (Å²) in [6.07, 6.45) is 4.99. The summed E-state index contributed by atoms with van der Waals surface area (Å²) in [5.41, 5.74) is 0.548. The Morgan fingerprint density at radius 2 is 1.70 bits per heavy atom. The summed E-state index contributed by atoms with van der Waals surface area (Å²) in [7, 11) is -3.09. The lowest BCUT2D eigenvalue weighted by atomic mass is 9.95. The molecule has 3 aromatic rings. The van der Waals surface area contributed by atoms with Gasteiger partial charge in [-0.25, -0.2) is 12.8 Å². The highest BCUT2D eigenvalue weighted by atomic mass is 32.2. The molecule has 1 saturated carbocycles. The van der Waals surface area contributed by atoms with Gasteiger partial charge in [0.2, 0.25) is 11.8 Å². The minimum absolute atomic E-state index is 0.0217. The highest BCUT2D eigenvalue weighted by Gasteiger charge is 2.35. The van der Waals surface area contributed by atoms with E-state index < -0.39 is 39.3 Å². The molecule has 1 aliphatic carbocycles. The van der Waals surface area contributed by atoms with Crippen LogP contribution in [0.5, 0.6) is 5.75 Å². The molecular weight excluding hydrogens is 615 g/mol. The fourth-order valence-corrected chi connectivity index (χ4v) is 7.04. The van der Waals surface area contributed by atoms with Crippen LogP contribution in [0.3, 0.4) is 0 Å². The third-order valence-corrected chi connectivity index (χ3v) is 9.98. The number of nitrogens with one attached hydrogen (secondary N) is 1. The number of anilines is 1. The van der Waals surface area contributed by atoms with Crippen molar-refractivity contribution >= 4 is 33.2 Å². The number of ether oxygens (including phenoxy) is 1. The average molecular weight is 655 g/mol. The van der Waals surface area contributed by atoms with Crippen molar-refractivity contribution in [3.8, 4) is 5.75 Å². The fraction of sp³-hybridized carbons (Fsp3) is 0.394. The molecule has 3 aromatic carbocycles. The van der Waals surface area contributed by atoms with Crippen molar-refractivity contribution < 1.29 is 32.1 Å². The largest absolute Gasteiger partial charge is 0.497 e. The minimum atomic E-state index is -4.54. The Morgan fingerprint density at radius 1 is 1.04 bits per heavy atom. The lowest BCUT2D eigenvalue weighted by molar-refractivity contribution is -0.385. The van der Waals surface area contributed by atoms with Crippen molar-refractivity contribution in [2.45, 2.75) is 75.9 Å². The smallest absolute Gasteiger partial charge is 0.273 e. The van der Waals surface area contributed by atoms with E-state index in [1.165, 1.54) is 79.6 Å². The SMILES string of the molecule is CCC(C(=O)NC1CCCCC1)N(Cc1ccc(F)cc1)C(=O)CN(c1ccc(OC)cc1)S(=O)(=O)c1ccc(C)c([N+](=O)[O-])c1. The van der Waals surface area contributed by atoms with Gasteiger partial charge in [-0.2, -0.15) is 0 Å². The number of carbonyl (C=O) groups excluding carboxylic acids is 2. The molecule has 0 spiro atoms. The number of nitro groups is 1. The second-order valence-electron chi connectivity index (χ2n) is 11.3. The number of nitro benzene ring substituents is 1. The molecule has 4 rings (SSSR count). The molecule has 0 radical (unpaired) electrons. The van der Waals surface area contributed by atoms with Gasteiger partial charge in [0, 0.05) is 24.2 Å². The van der Waals surface area contributed by atoms with Gasteiger partial charge in [0.05, 0.1) is 22.6 Å². The lowest BCUT2D eigenvalue weighted by Gasteiger charge is -2.34. The maximum Gasteiger partial charge on any atom is 0.273 e. The van der Waals surface area contributed by atoms with Gasteiger partial charge in [-0.3, -0.25) is 24.0 Å². The number of hydrogen-bond donors (Lipinski definition) is 1. The molecule has 0 aromatic heterocycles. The number of rotatable bonds is 13. The van der Waals surface area contributed by atoms with Crippen LogP contribution in [0.4, 0.5) is 15.8 Å². The van der Waals surface area contributed by atoms with Crippen LogP contribution in [0.15, 0.2) is 71.6 Å². The molecule has 46 heavy (non-hydrogen) atoms. The summed E-state index contributed by atoms with van der Waals surface area (Å²) in [5.74, 6) is -1.05. The van der Waals surface area contributed by atoms with Crippen LogP contribution in [0.1, 0.15) is 56.6 Å². The fourth-order valence-electron chi connectivity index (χ4n) is 5.60. The molecule has 1 fully saturated rings. The quantitative estimate of drug-likeness (QED) is 0.190. The molecule has 13 heteroatoms. The molecule has 2 amide bonds. The molecular formula is C33H39FN4O7S. The number of hydrogen-bond acceptors (Lipinski definition) is 7. The van der Waals surface area contributed by atoms with Crippen LogP contribution in [0.25, 0.3) is 0 Å². The van der Waals surface area contributed by atoms with E-state index in [1.807, 2.05) is 0 Å². The topological polar surface area (TPSA) is 139 Å². The number of carbonyl (C=O) groups is 2. The standard InChI is InChI=1S/C33H39FN4O7S/c1-4-30(33(40)35-26-8-6-5-7-9-26)36(21-24-11-13-25(34)14-12-24)32(39)22-37(27-15-17-28(45-3)18-16-27)46(43,44)29-19-10-23(2)31(20-29)38(41)42/h10-20,26,30H,4-9,21-22H2,1-3H3,(H,35,40). The number of benzene rings is 3. The molecule has 0 aliphatic heterocycles. The monoisotopic (exact) mass is 654 g/mol. The van der Waals surface area contributed by atoms with Crippen molar-refractivity contribution in [3.05, 3.63) is 93.8 Å². The number of halogens is 1. The molecule has 1 unspecified atom stereocenters. The van der Waals surface area contributed by atoms with E-state index in [4.69, 9.17) is 4.74 Å². The Balaban J connectivity index is 1.75. The predicted octanol–water partition coefficient (Wildman–Crippen LogP) is 5.50. The number of nitrogens with zero attached hydrogens (tertiary/aromatic N) is 3. The Kier molecular flexibility index (Phi) is 11.3. The zero-order valence-corrected chi connectivity index (χ0v) is 27.0. The van der Waals surface area contributed by atoms with Crippen LogP contribution in [0.2, 0.25) is 0 Å². The molecule has 1 atom stereocenters. The van der Waals surface area contributed by atoms with Gasteiger partial charge >= 0.3 is 0 Å². The first-order valence-electron chi connectivity index (χ1n) is 15.2.